The van der Waals surface area contributed by atoms with E-state index < -0.39 is 0 Å². The summed E-state index contributed by atoms with van der Waals surface area (Å²) in [5.41, 5.74) is 0. The Labute approximate surface area is 117 Å². The van der Waals surface area contributed by atoms with Gasteiger partial charge in [-0.3, -0.25) is 4.79 Å². The standard InChI is InChI=1S/C13H18ClNO4/c14-12-5-4-11(19-12)13(16)15-6-2-7-17-9-10-3-1-8-18-10/h4-5,10H,1-3,6-9H2,(H,15,16)/t10-/m1/s1. The number of hydrogen-bond donors (Lipinski definition) is 1. The quantitative estimate of drug-likeness (QED) is 0.782. The molecule has 1 fully saturated rings. The average molecular weight is 288 g/mol. The van der Waals surface area contributed by atoms with Crippen LogP contribution in [0.5, 0.6) is 0 Å². The molecule has 1 atom stereocenters. The highest BCUT2D eigenvalue weighted by Crippen LogP contribution is 2.13. The fraction of sp³-hybridized carbons (Fsp3) is 0.615. The van der Waals surface area contributed by atoms with Gasteiger partial charge in [0, 0.05) is 19.8 Å². The zero-order valence-corrected chi connectivity index (χ0v) is 11.4. The van der Waals surface area contributed by atoms with Crippen LogP contribution in [0.15, 0.2) is 16.5 Å². The fourth-order valence-corrected chi connectivity index (χ4v) is 2.04. The number of carbonyl (C=O) groups excluding carboxylic acids is 1. The second kappa shape index (κ2) is 7.53. The van der Waals surface area contributed by atoms with E-state index in [1.54, 1.807) is 12.1 Å². The lowest BCUT2D eigenvalue weighted by Crippen LogP contribution is -2.25. The van der Waals surface area contributed by atoms with Crippen LogP contribution >= 0.6 is 11.6 Å². The van der Waals surface area contributed by atoms with E-state index in [1.807, 2.05) is 0 Å². The number of rotatable bonds is 7. The minimum Gasteiger partial charge on any atom is -0.440 e. The van der Waals surface area contributed by atoms with Crippen LogP contribution in [0.3, 0.4) is 0 Å². The summed E-state index contributed by atoms with van der Waals surface area (Å²) in [6, 6.07) is 3.09. The maximum atomic E-state index is 11.6. The molecule has 0 radical (unpaired) electrons. The molecule has 1 saturated heterocycles. The minimum absolute atomic E-state index is 0.213. The van der Waals surface area contributed by atoms with Crippen LogP contribution in [0.25, 0.3) is 0 Å². The largest absolute Gasteiger partial charge is 0.440 e. The lowest BCUT2D eigenvalue weighted by atomic mass is 10.2. The number of carbonyl (C=O) groups is 1. The third kappa shape index (κ3) is 4.86. The third-order valence-electron chi connectivity index (χ3n) is 2.88. The molecule has 2 heterocycles. The van der Waals surface area contributed by atoms with Crippen molar-refractivity contribution < 1.29 is 18.7 Å². The van der Waals surface area contributed by atoms with E-state index in [-0.39, 0.29) is 23.0 Å². The van der Waals surface area contributed by atoms with Crippen molar-refractivity contribution in [2.45, 2.75) is 25.4 Å². The SMILES string of the molecule is O=C(NCCCOC[C@H]1CCCO1)c1ccc(Cl)o1. The van der Waals surface area contributed by atoms with Gasteiger partial charge in [0.05, 0.1) is 12.7 Å². The highest BCUT2D eigenvalue weighted by atomic mass is 35.5. The van der Waals surface area contributed by atoms with Crippen LogP contribution in [0.4, 0.5) is 0 Å². The number of nitrogens with one attached hydrogen (secondary N) is 1. The number of furan rings is 1. The topological polar surface area (TPSA) is 60.7 Å². The lowest BCUT2D eigenvalue weighted by molar-refractivity contribution is 0.0166. The Bertz CT molecular complexity index is 401. The first-order chi connectivity index (χ1) is 9.25. The van der Waals surface area contributed by atoms with Gasteiger partial charge in [-0.2, -0.15) is 0 Å². The maximum absolute atomic E-state index is 11.6. The van der Waals surface area contributed by atoms with E-state index in [0.717, 1.165) is 25.9 Å². The van der Waals surface area contributed by atoms with Gasteiger partial charge in [0.25, 0.3) is 5.91 Å². The van der Waals surface area contributed by atoms with Gasteiger partial charge in [0.1, 0.15) is 0 Å². The molecule has 6 heteroatoms. The van der Waals surface area contributed by atoms with Crippen molar-refractivity contribution in [1.29, 1.82) is 0 Å². The molecule has 1 N–H and O–H groups in total. The van der Waals surface area contributed by atoms with Gasteiger partial charge in [-0.1, -0.05) is 0 Å². The zero-order valence-electron chi connectivity index (χ0n) is 10.7. The Kier molecular flexibility index (Phi) is 5.69. The molecule has 0 spiro atoms. The summed E-state index contributed by atoms with van der Waals surface area (Å²) in [6.07, 6.45) is 3.21. The molecule has 1 aromatic heterocycles. The van der Waals surface area contributed by atoms with Gasteiger partial charge in [-0.25, -0.2) is 0 Å². The molecule has 0 aliphatic carbocycles. The van der Waals surface area contributed by atoms with Crippen LogP contribution in [-0.4, -0.2) is 38.4 Å². The van der Waals surface area contributed by atoms with Gasteiger partial charge in [-0.05, 0) is 43.0 Å². The number of halogens is 1. The lowest BCUT2D eigenvalue weighted by Gasteiger charge is -2.10. The highest BCUT2D eigenvalue weighted by molar-refractivity contribution is 6.29. The summed E-state index contributed by atoms with van der Waals surface area (Å²) in [5, 5.41) is 2.95. The molecular formula is C13H18ClNO4. The molecule has 0 unspecified atom stereocenters. The zero-order chi connectivity index (χ0) is 13.5. The molecule has 19 heavy (non-hydrogen) atoms. The van der Waals surface area contributed by atoms with Crippen molar-refractivity contribution in [2.75, 3.05) is 26.4 Å². The summed E-state index contributed by atoms with van der Waals surface area (Å²) in [5.74, 6) is -0.0312. The molecule has 1 amide bonds. The van der Waals surface area contributed by atoms with Crippen molar-refractivity contribution in [2.24, 2.45) is 0 Å². The molecule has 0 saturated carbocycles. The molecule has 0 aromatic carbocycles. The van der Waals surface area contributed by atoms with Crippen LogP contribution in [0.1, 0.15) is 29.8 Å². The predicted octanol–water partition coefficient (Wildman–Crippen LogP) is 2.25. The second-order valence-corrected chi connectivity index (χ2v) is 4.80. The van der Waals surface area contributed by atoms with Gasteiger partial charge < -0.3 is 19.2 Å². The minimum atomic E-state index is -0.258. The van der Waals surface area contributed by atoms with E-state index in [0.29, 0.717) is 19.8 Å². The van der Waals surface area contributed by atoms with Crippen molar-refractivity contribution >= 4 is 17.5 Å². The number of ether oxygens (including phenoxy) is 2. The Balaban J connectivity index is 1.50. The number of hydrogen-bond acceptors (Lipinski definition) is 4. The van der Waals surface area contributed by atoms with Crippen molar-refractivity contribution in [3.05, 3.63) is 23.1 Å². The molecule has 2 rings (SSSR count). The van der Waals surface area contributed by atoms with Crippen molar-refractivity contribution in [3.8, 4) is 0 Å². The van der Waals surface area contributed by atoms with E-state index in [2.05, 4.69) is 5.32 Å². The average Bonchev–Trinajstić information content (AvgIpc) is 3.04. The molecule has 1 aromatic rings. The first-order valence-electron chi connectivity index (χ1n) is 6.48. The Morgan fingerprint density at radius 2 is 2.42 bits per heavy atom. The Morgan fingerprint density at radius 1 is 1.53 bits per heavy atom. The van der Waals surface area contributed by atoms with E-state index in [1.165, 1.54) is 0 Å². The number of amides is 1. The van der Waals surface area contributed by atoms with Gasteiger partial charge in [0.15, 0.2) is 11.0 Å². The van der Waals surface area contributed by atoms with Crippen LogP contribution in [-0.2, 0) is 9.47 Å². The fourth-order valence-electron chi connectivity index (χ4n) is 1.89. The monoisotopic (exact) mass is 287 g/mol. The highest BCUT2D eigenvalue weighted by Gasteiger charge is 2.15. The molecule has 1 aliphatic heterocycles. The predicted molar refractivity (Wildman–Crippen MR) is 70.5 cm³/mol. The maximum Gasteiger partial charge on any atom is 0.287 e. The van der Waals surface area contributed by atoms with E-state index in [4.69, 9.17) is 25.5 Å². The van der Waals surface area contributed by atoms with Crippen molar-refractivity contribution in [3.63, 3.8) is 0 Å². The molecule has 1 aliphatic rings. The Hall–Kier alpha value is -1.04. The normalized spacial score (nSPS) is 18.7. The summed E-state index contributed by atoms with van der Waals surface area (Å²) in [4.78, 5) is 11.6. The molecule has 106 valence electrons. The first-order valence-corrected chi connectivity index (χ1v) is 6.86. The summed E-state index contributed by atoms with van der Waals surface area (Å²) in [6.45, 7) is 2.64. The molecule has 5 nitrogen and oxygen atoms in total. The molecular weight excluding hydrogens is 270 g/mol. The van der Waals surface area contributed by atoms with Crippen LogP contribution < -0.4 is 5.32 Å². The third-order valence-corrected chi connectivity index (χ3v) is 3.08. The summed E-state index contributed by atoms with van der Waals surface area (Å²) >= 11 is 5.59. The smallest absolute Gasteiger partial charge is 0.287 e. The second-order valence-electron chi connectivity index (χ2n) is 4.42. The van der Waals surface area contributed by atoms with Gasteiger partial charge >= 0.3 is 0 Å². The summed E-state index contributed by atoms with van der Waals surface area (Å²) in [7, 11) is 0. The van der Waals surface area contributed by atoms with Gasteiger partial charge in [0.2, 0.25) is 0 Å². The Morgan fingerprint density at radius 3 is 3.11 bits per heavy atom. The van der Waals surface area contributed by atoms with Gasteiger partial charge in [-0.15, -0.1) is 0 Å². The summed E-state index contributed by atoms with van der Waals surface area (Å²) < 4.78 is 15.9. The first kappa shape index (κ1) is 14.4. The van der Waals surface area contributed by atoms with Crippen LogP contribution in [0.2, 0.25) is 5.22 Å². The van der Waals surface area contributed by atoms with Crippen molar-refractivity contribution in [1.82, 2.24) is 5.32 Å². The van der Waals surface area contributed by atoms with Crippen LogP contribution in [0, 0.1) is 0 Å². The molecule has 0 bridgehead atoms. The van der Waals surface area contributed by atoms with E-state index >= 15 is 0 Å². The van der Waals surface area contributed by atoms with E-state index in [9.17, 15) is 4.79 Å².